The fraction of sp³-hybridized carbons (Fsp3) is 0.476. The number of hydrogen-bond donors (Lipinski definition) is 0. The Hall–Kier alpha value is -2.71. The van der Waals surface area contributed by atoms with E-state index in [-0.39, 0.29) is 0 Å². The predicted octanol–water partition coefficient (Wildman–Crippen LogP) is 2.17. The lowest BCUT2D eigenvalue weighted by Gasteiger charge is -2.32. The molecular weight excluding hydrogens is 368 g/mol. The van der Waals surface area contributed by atoms with Crippen molar-refractivity contribution in [2.75, 3.05) is 37.7 Å². The van der Waals surface area contributed by atoms with Gasteiger partial charge in [0.2, 0.25) is 0 Å². The van der Waals surface area contributed by atoms with Crippen molar-refractivity contribution in [1.29, 1.82) is 0 Å². The minimum Gasteiger partial charge on any atom is -0.461 e. The minimum atomic E-state index is 0.667. The molecule has 2 aliphatic rings. The van der Waals surface area contributed by atoms with Crippen LogP contribution in [0, 0.1) is 6.92 Å². The molecule has 2 aliphatic heterocycles. The van der Waals surface area contributed by atoms with Gasteiger partial charge in [0.05, 0.1) is 30.9 Å². The number of nitrogens with zero attached hydrogens (tertiary/aromatic N) is 6. The molecule has 8 heteroatoms. The molecule has 152 valence electrons. The Bertz CT molecular complexity index is 991. The second-order valence-corrected chi connectivity index (χ2v) is 7.71. The molecule has 0 bridgehead atoms. The quantitative estimate of drug-likeness (QED) is 0.671. The monoisotopic (exact) mass is 394 g/mol. The van der Waals surface area contributed by atoms with E-state index in [1.165, 1.54) is 16.9 Å². The maximum absolute atomic E-state index is 5.53. The summed E-state index contributed by atoms with van der Waals surface area (Å²) >= 11 is 0. The summed E-state index contributed by atoms with van der Waals surface area (Å²) < 4.78 is 13.0. The van der Waals surface area contributed by atoms with Crippen LogP contribution in [0.25, 0.3) is 11.6 Å². The normalized spacial score (nSPS) is 17.5. The first-order chi connectivity index (χ1) is 14.2. The Kier molecular flexibility index (Phi) is 4.81. The van der Waals surface area contributed by atoms with Crippen LogP contribution in [0.15, 0.2) is 29.0 Å². The zero-order valence-electron chi connectivity index (χ0n) is 17.0. The molecule has 3 aromatic rings. The molecule has 0 unspecified atom stereocenters. The highest BCUT2D eigenvalue weighted by molar-refractivity contribution is 5.51. The number of rotatable bonds is 4. The standard InChI is InChI=1S/C21H26N6O2/c1-15-17(21(25(2)24-15)27-7-10-28-11-8-27)14-26-6-5-18-16(13-26)12-22-20(23-18)19-4-3-9-29-19/h3-4,9,12H,5-8,10-11,13-14H2,1-2H3. The lowest BCUT2D eigenvalue weighted by Crippen LogP contribution is -2.38. The highest BCUT2D eigenvalue weighted by atomic mass is 16.5. The van der Waals surface area contributed by atoms with Crippen LogP contribution in [-0.2, 0) is 31.3 Å². The van der Waals surface area contributed by atoms with Gasteiger partial charge in [0, 0.05) is 63.5 Å². The van der Waals surface area contributed by atoms with Crippen molar-refractivity contribution in [2.24, 2.45) is 7.05 Å². The van der Waals surface area contributed by atoms with Crippen molar-refractivity contribution < 1.29 is 9.15 Å². The summed E-state index contributed by atoms with van der Waals surface area (Å²) in [6.07, 6.45) is 4.52. The van der Waals surface area contributed by atoms with Gasteiger partial charge in [-0.1, -0.05) is 0 Å². The molecule has 5 heterocycles. The van der Waals surface area contributed by atoms with Crippen molar-refractivity contribution in [3.05, 3.63) is 47.1 Å². The molecule has 29 heavy (non-hydrogen) atoms. The zero-order valence-corrected chi connectivity index (χ0v) is 17.0. The second kappa shape index (κ2) is 7.61. The lowest BCUT2D eigenvalue weighted by molar-refractivity contribution is 0.122. The third kappa shape index (κ3) is 3.54. The average Bonchev–Trinajstić information content (AvgIpc) is 3.37. The highest BCUT2D eigenvalue weighted by Gasteiger charge is 2.25. The fourth-order valence-corrected chi connectivity index (χ4v) is 4.30. The maximum Gasteiger partial charge on any atom is 0.195 e. The molecule has 0 aliphatic carbocycles. The molecule has 8 nitrogen and oxygen atoms in total. The van der Waals surface area contributed by atoms with Gasteiger partial charge in [-0.2, -0.15) is 5.10 Å². The molecule has 0 radical (unpaired) electrons. The predicted molar refractivity (Wildman–Crippen MR) is 109 cm³/mol. The molecule has 5 rings (SSSR count). The summed E-state index contributed by atoms with van der Waals surface area (Å²) in [6.45, 7) is 8.19. The summed E-state index contributed by atoms with van der Waals surface area (Å²) in [4.78, 5) is 14.1. The van der Waals surface area contributed by atoms with Gasteiger partial charge in [-0.3, -0.25) is 9.58 Å². The van der Waals surface area contributed by atoms with Crippen LogP contribution in [0.1, 0.15) is 22.5 Å². The molecule has 1 fully saturated rings. The summed E-state index contributed by atoms with van der Waals surface area (Å²) in [5.41, 5.74) is 4.73. The number of aryl methyl sites for hydroxylation is 2. The Morgan fingerprint density at radius 3 is 2.83 bits per heavy atom. The Labute approximate surface area is 170 Å². The van der Waals surface area contributed by atoms with Gasteiger partial charge < -0.3 is 14.1 Å². The van der Waals surface area contributed by atoms with Crippen molar-refractivity contribution in [1.82, 2.24) is 24.6 Å². The van der Waals surface area contributed by atoms with E-state index in [4.69, 9.17) is 19.2 Å². The van der Waals surface area contributed by atoms with Gasteiger partial charge in [-0.15, -0.1) is 0 Å². The zero-order chi connectivity index (χ0) is 19.8. The van der Waals surface area contributed by atoms with Crippen LogP contribution in [0.3, 0.4) is 0 Å². The van der Waals surface area contributed by atoms with E-state index < -0.39 is 0 Å². The topological polar surface area (TPSA) is 72.5 Å². The van der Waals surface area contributed by atoms with Gasteiger partial charge in [0.1, 0.15) is 5.82 Å². The van der Waals surface area contributed by atoms with E-state index >= 15 is 0 Å². The van der Waals surface area contributed by atoms with Crippen LogP contribution in [0.4, 0.5) is 5.82 Å². The highest BCUT2D eigenvalue weighted by Crippen LogP contribution is 2.28. The Morgan fingerprint density at radius 2 is 2.03 bits per heavy atom. The number of ether oxygens (including phenoxy) is 1. The fourth-order valence-electron chi connectivity index (χ4n) is 4.30. The van der Waals surface area contributed by atoms with Gasteiger partial charge >= 0.3 is 0 Å². The van der Waals surface area contributed by atoms with Gasteiger partial charge in [0.25, 0.3) is 0 Å². The number of furan rings is 1. The molecule has 3 aromatic heterocycles. The summed E-state index contributed by atoms with van der Waals surface area (Å²) in [5, 5.41) is 4.71. The van der Waals surface area contributed by atoms with Crippen molar-refractivity contribution in [3.63, 3.8) is 0 Å². The smallest absolute Gasteiger partial charge is 0.195 e. The number of anilines is 1. The molecule has 0 spiro atoms. The second-order valence-electron chi connectivity index (χ2n) is 7.71. The van der Waals surface area contributed by atoms with Crippen LogP contribution in [0.5, 0.6) is 0 Å². The van der Waals surface area contributed by atoms with E-state index in [0.29, 0.717) is 5.82 Å². The van der Waals surface area contributed by atoms with E-state index in [9.17, 15) is 0 Å². The lowest BCUT2D eigenvalue weighted by atomic mass is 10.1. The van der Waals surface area contributed by atoms with Crippen LogP contribution < -0.4 is 4.90 Å². The van der Waals surface area contributed by atoms with Crippen LogP contribution in [0.2, 0.25) is 0 Å². The van der Waals surface area contributed by atoms with Crippen molar-refractivity contribution in [3.8, 4) is 11.6 Å². The van der Waals surface area contributed by atoms with Crippen molar-refractivity contribution in [2.45, 2.75) is 26.4 Å². The minimum absolute atomic E-state index is 0.667. The van der Waals surface area contributed by atoms with Gasteiger partial charge in [-0.25, -0.2) is 9.97 Å². The SMILES string of the molecule is Cc1nn(C)c(N2CCOCC2)c1CN1CCc2nc(-c3ccco3)ncc2C1. The first-order valence-corrected chi connectivity index (χ1v) is 10.2. The average molecular weight is 394 g/mol. The number of hydrogen-bond acceptors (Lipinski definition) is 7. The van der Waals surface area contributed by atoms with E-state index in [1.54, 1.807) is 6.26 Å². The molecule has 0 N–H and O–H groups in total. The third-order valence-corrected chi connectivity index (χ3v) is 5.76. The van der Waals surface area contributed by atoms with E-state index in [2.05, 4.69) is 21.7 Å². The molecule has 1 saturated heterocycles. The first kappa shape index (κ1) is 18.3. The molecule has 0 aromatic carbocycles. The van der Waals surface area contributed by atoms with Crippen LogP contribution >= 0.6 is 0 Å². The summed E-state index contributed by atoms with van der Waals surface area (Å²) in [6, 6.07) is 3.76. The van der Waals surface area contributed by atoms with Gasteiger partial charge in [0.15, 0.2) is 11.6 Å². The molecule has 0 amide bonds. The summed E-state index contributed by atoms with van der Waals surface area (Å²) in [7, 11) is 2.04. The summed E-state index contributed by atoms with van der Waals surface area (Å²) in [5.74, 6) is 2.61. The molecular formula is C21H26N6O2. The van der Waals surface area contributed by atoms with E-state index in [0.717, 1.165) is 69.5 Å². The third-order valence-electron chi connectivity index (χ3n) is 5.76. The Balaban J connectivity index is 1.35. The van der Waals surface area contributed by atoms with Gasteiger partial charge in [-0.05, 0) is 19.1 Å². The largest absolute Gasteiger partial charge is 0.461 e. The number of morpholine rings is 1. The maximum atomic E-state index is 5.53. The Morgan fingerprint density at radius 1 is 1.17 bits per heavy atom. The van der Waals surface area contributed by atoms with Crippen LogP contribution in [-0.4, -0.2) is 57.5 Å². The molecule has 0 atom stereocenters. The number of aromatic nitrogens is 4. The number of fused-ring (bicyclic) bond motifs is 1. The van der Waals surface area contributed by atoms with E-state index in [1.807, 2.05) is 30.1 Å². The van der Waals surface area contributed by atoms with Crippen molar-refractivity contribution >= 4 is 5.82 Å². The first-order valence-electron chi connectivity index (χ1n) is 10.2. The molecule has 0 saturated carbocycles.